The molecule has 110 valence electrons. The van der Waals surface area contributed by atoms with Gasteiger partial charge in [-0.25, -0.2) is 9.48 Å². The molecule has 1 N–H and O–H groups in total. The maximum atomic E-state index is 11.7. The first-order valence-electron chi connectivity index (χ1n) is 6.52. The van der Waals surface area contributed by atoms with Crippen LogP contribution in [0.3, 0.4) is 0 Å². The lowest BCUT2D eigenvalue weighted by Crippen LogP contribution is -2.15. The number of aromatic nitrogens is 3. The Kier molecular flexibility index (Phi) is 3.44. The summed E-state index contributed by atoms with van der Waals surface area (Å²) in [6, 6.07) is 5.18. The SMILES string of the molecule is C=C1C[C@H](n2nnc3c(C(=O)OC)cccc32)O[C@@H]1CO. The van der Waals surface area contributed by atoms with E-state index in [2.05, 4.69) is 16.9 Å². The number of hydrogen-bond donors (Lipinski definition) is 1. The van der Waals surface area contributed by atoms with Crippen molar-refractivity contribution in [2.45, 2.75) is 18.8 Å². The highest BCUT2D eigenvalue weighted by atomic mass is 16.5. The molecular weight excluding hydrogens is 274 g/mol. The lowest BCUT2D eigenvalue weighted by Gasteiger charge is -2.12. The number of hydrogen-bond acceptors (Lipinski definition) is 6. The fourth-order valence-corrected chi connectivity index (χ4v) is 2.46. The minimum Gasteiger partial charge on any atom is -0.465 e. The standard InChI is InChI=1S/C14H15N3O4/c1-8-6-12(21-11(8)7-18)17-10-5-3-4-9(14(19)20-2)13(10)15-16-17/h3-5,11-12,18H,1,6-7H2,2H3/t11-,12-/m1/s1. The Hall–Kier alpha value is -2.25. The third-order valence-corrected chi connectivity index (χ3v) is 3.56. The monoisotopic (exact) mass is 289 g/mol. The maximum absolute atomic E-state index is 11.7. The Morgan fingerprint density at radius 2 is 2.43 bits per heavy atom. The van der Waals surface area contributed by atoms with Gasteiger partial charge in [0.15, 0.2) is 6.23 Å². The van der Waals surface area contributed by atoms with Gasteiger partial charge in [0, 0.05) is 6.42 Å². The molecule has 1 fully saturated rings. The van der Waals surface area contributed by atoms with Crippen molar-refractivity contribution in [1.29, 1.82) is 0 Å². The number of esters is 1. The summed E-state index contributed by atoms with van der Waals surface area (Å²) in [6.07, 6.45) is -0.225. The molecule has 0 amide bonds. The van der Waals surface area contributed by atoms with Crippen molar-refractivity contribution < 1.29 is 19.4 Å². The van der Waals surface area contributed by atoms with Crippen LogP contribution in [0.1, 0.15) is 23.0 Å². The third-order valence-electron chi connectivity index (χ3n) is 3.56. The second-order valence-corrected chi connectivity index (χ2v) is 4.82. The number of aliphatic hydroxyl groups is 1. The van der Waals surface area contributed by atoms with Gasteiger partial charge in [0.1, 0.15) is 11.6 Å². The lowest BCUT2D eigenvalue weighted by atomic mass is 10.1. The third kappa shape index (κ3) is 2.20. The molecular formula is C14H15N3O4. The average molecular weight is 289 g/mol. The van der Waals surface area contributed by atoms with E-state index in [1.807, 2.05) is 0 Å². The van der Waals surface area contributed by atoms with Crippen molar-refractivity contribution in [3.63, 3.8) is 0 Å². The van der Waals surface area contributed by atoms with Gasteiger partial charge < -0.3 is 14.6 Å². The van der Waals surface area contributed by atoms with Gasteiger partial charge in [-0.3, -0.25) is 0 Å². The summed E-state index contributed by atoms with van der Waals surface area (Å²) in [5.41, 5.74) is 2.31. The molecule has 1 saturated heterocycles. The Bertz CT molecular complexity index is 709. The molecule has 3 rings (SSSR count). The minimum absolute atomic E-state index is 0.116. The van der Waals surface area contributed by atoms with Crippen LogP contribution in [-0.4, -0.2) is 45.9 Å². The van der Waals surface area contributed by atoms with E-state index in [9.17, 15) is 9.90 Å². The number of methoxy groups -OCH3 is 1. The van der Waals surface area contributed by atoms with Crippen LogP contribution in [0.2, 0.25) is 0 Å². The maximum Gasteiger partial charge on any atom is 0.340 e. The first kappa shape index (κ1) is 13.7. The predicted octanol–water partition coefficient (Wildman–Crippen LogP) is 1.05. The molecule has 21 heavy (non-hydrogen) atoms. The quantitative estimate of drug-likeness (QED) is 0.671. The Morgan fingerprint density at radius 3 is 3.10 bits per heavy atom. The molecule has 0 bridgehead atoms. The molecule has 1 aromatic heterocycles. The first-order valence-corrected chi connectivity index (χ1v) is 6.52. The first-order chi connectivity index (χ1) is 10.2. The van der Waals surface area contributed by atoms with E-state index in [0.29, 0.717) is 23.0 Å². The van der Waals surface area contributed by atoms with Crippen molar-refractivity contribution in [3.8, 4) is 0 Å². The van der Waals surface area contributed by atoms with E-state index in [0.717, 1.165) is 5.57 Å². The van der Waals surface area contributed by atoms with Gasteiger partial charge in [-0.05, 0) is 17.7 Å². The molecule has 0 saturated carbocycles. The Morgan fingerprint density at radius 1 is 1.62 bits per heavy atom. The van der Waals surface area contributed by atoms with Gasteiger partial charge in [-0.1, -0.05) is 17.9 Å². The highest BCUT2D eigenvalue weighted by Gasteiger charge is 2.31. The van der Waals surface area contributed by atoms with E-state index < -0.39 is 12.1 Å². The smallest absolute Gasteiger partial charge is 0.340 e. The molecule has 1 aliphatic heterocycles. The highest BCUT2D eigenvalue weighted by molar-refractivity contribution is 6.01. The fraction of sp³-hybridized carbons (Fsp3) is 0.357. The van der Waals surface area contributed by atoms with Crippen LogP contribution >= 0.6 is 0 Å². The summed E-state index contributed by atoms with van der Waals surface area (Å²) in [5.74, 6) is -0.461. The summed E-state index contributed by atoms with van der Waals surface area (Å²) in [7, 11) is 1.32. The van der Waals surface area contributed by atoms with Gasteiger partial charge in [0.2, 0.25) is 0 Å². The molecule has 2 atom stereocenters. The van der Waals surface area contributed by atoms with Crippen molar-refractivity contribution in [1.82, 2.24) is 15.0 Å². The summed E-state index contributed by atoms with van der Waals surface area (Å²) in [6.45, 7) is 3.77. The van der Waals surface area contributed by atoms with Crippen molar-refractivity contribution in [2.75, 3.05) is 13.7 Å². The number of nitrogens with zero attached hydrogens (tertiary/aromatic N) is 3. The molecule has 1 aliphatic rings. The zero-order valence-electron chi connectivity index (χ0n) is 11.5. The molecule has 0 unspecified atom stereocenters. The van der Waals surface area contributed by atoms with E-state index >= 15 is 0 Å². The van der Waals surface area contributed by atoms with Gasteiger partial charge in [0.05, 0.1) is 24.8 Å². The number of ether oxygens (including phenoxy) is 2. The summed E-state index contributed by atoms with van der Waals surface area (Å²) in [4.78, 5) is 11.7. The largest absolute Gasteiger partial charge is 0.465 e. The van der Waals surface area contributed by atoms with E-state index in [1.165, 1.54) is 7.11 Å². The second kappa shape index (κ2) is 5.27. The normalized spacial score (nSPS) is 21.9. The number of carbonyl (C=O) groups excluding carboxylic acids is 1. The number of benzene rings is 1. The van der Waals surface area contributed by atoms with Gasteiger partial charge in [-0.15, -0.1) is 5.10 Å². The van der Waals surface area contributed by atoms with Crippen LogP contribution in [0.4, 0.5) is 0 Å². The molecule has 1 aromatic carbocycles. The van der Waals surface area contributed by atoms with Crippen molar-refractivity contribution in [3.05, 3.63) is 35.9 Å². The molecule has 7 nitrogen and oxygen atoms in total. The lowest BCUT2D eigenvalue weighted by molar-refractivity contribution is -0.0212. The number of aliphatic hydroxyl groups excluding tert-OH is 1. The summed E-state index contributed by atoms with van der Waals surface area (Å²) >= 11 is 0. The van der Waals surface area contributed by atoms with E-state index in [1.54, 1.807) is 22.9 Å². The van der Waals surface area contributed by atoms with Crippen LogP contribution in [0.15, 0.2) is 30.4 Å². The molecule has 0 aliphatic carbocycles. The van der Waals surface area contributed by atoms with Crippen molar-refractivity contribution >= 4 is 17.0 Å². The highest BCUT2D eigenvalue weighted by Crippen LogP contribution is 2.33. The topological polar surface area (TPSA) is 86.5 Å². The van der Waals surface area contributed by atoms with E-state index in [4.69, 9.17) is 9.47 Å². The summed E-state index contributed by atoms with van der Waals surface area (Å²) < 4.78 is 12.0. The average Bonchev–Trinajstić information content (AvgIpc) is 3.09. The van der Waals surface area contributed by atoms with Crippen LogP contribution in [-0.2, 0) is 9.47 Å². The number of carbonyl (C=O) groups is 1. The molecule has 0 radical (unpaired) electrons. The molecule has 2 heterocycles. The zero-order valence-corrected chi connectivity index (χ0v) is 11.5. The second-order valence-electron chi connectivity index (χ2n) is 4.82. The van der Waals surface area contributed by atoms with Crippen LogP contribution in [0.5, 0.6) is 0 Å². The van der Waals surface area contributed by atoms with Gasteiger partial charge >= 0.3 is 5.97 Å². The molecule has 7 heteroatoms. The van der Waals surface area contributed by atoms with Gasteiger partial charge in [0.25, 0.3) is 0 Å². The Balaban J connectivity index is 2.02. The van der Waals surface area contributed by atoms with Crippen molar-refractivity contribution in [2.24, 2.45) is 0 Å². The van der Waals surface area contributed by atoms with Crippen LogP contribution in [0, 0.1) is 0 Å². The van der Waals surface area contributed by atoms with Crippen LogP contribution < -0.4 is 0 Å². The number of fused-ring (bicyclic) bond motifs is 1. The predicted molar refractivity (Wildman–Crippen MR) is 73.6 cm³/mol. The van der Waals surface area contributed by atoms with Gasteiger partial charge in [-0.2, -0.15) is 0 Å². The molecule has 0 spiro atoms. The number of rotatable bonds is 3. The fourth-order valence-electron chi connectivity index (χ4n) is 2.46. The minimum atomic E-state index is -0.461. The zero-order chi connectivity index (χ0) is 15.0. The van der Waals surface area contributed by atoms with E-state index in [-0.39, 0.29) is 12.8 Å². The summed E-state index contributed by atoms with van der Waals surface area (Å²) in [5, 5.41) is 17.3. The Labute approximate surface area is 120 Å². The molecule has 2 aromatic rings. The van der Waals surface area contributed by atoms with Crippen LogP contribution in [0.25, 0.3) is 11.0 Å².